The van der Waals surface area contributed by atoms with Crippen LogP contribution in [0.25, 0.3) is 10.2 Å². The highest BCUT2D eigenvalue weighted by molar-refractivity contribution is 7.12. The molecule has 104 valence electrons. The van der Waals surface area contributed by atoms with E-state index < -0.39 is 0 Å². The maximum absolute atomic E-state index is 12.4. The van der Waals surface area contributed by atoms with Crippen LogP contribution in [0.3, 0.4) is 0 Å². The molecule has 0 aromatic carbocycles. The largest absolute Gasteiger partial charge is 0.292 e. The number of aromatic nitrogens is 4. The van der Waals surface area contributed by atoms with Crippen molar-refractivity contribution in [3.05, 3.63) is 38.5 Å². The molecule has 0 bridgehead atoms. The van der Waals surface area contributed by atoms with Crippen LogP contribution in [-0.4, -0.2) is 18.9 Å². The van der Waals surface area contributed by atoms with Gasteiger partial charge in [-0.2, -0.15) is 4.37 Å². The van der Waals surface area contributed by atoms with Gasteiger partial charge in [0.15, 0.2) is 4.83 Å². The lowest BCUT2D eigenvalue weighted by molar-refractivity contribution is 0.725. The van der Waals surface area contributed by atoms with E-state index in [-0.39, 0.29) is 5.56 Å². The molecule has 7 heteroatoms. The maximum atomic E-state index is 12.4. The highest BCUT2D eigenvalue weighted by Crippen LogP contribution is 2.20. The number of nitrogens with zero attached hydrogens (tertiary/aromatic N) is 4. The minimum atomic E-state index is -0.0413. The third-order valence-electron chi connectivity index (χ3n) is 3.03. The highest BCUT2D eigenvalue weighted by atomic mass is 32.1. The van der Waals surface area contributed by atoms with E-state index >= 15 is 0 Å². The Kier molecular flexibility index (Phi) is 3.39. The van der Waals surface area contributed by atoms with Crippen LogP contribution in [0.15, 0.2) is 16.5 Å². The fourth-order valence-electron chi connectivity index (χ4n) is 1.96. The van der Waals surface area contributed by atoms with Crippen molar-refractivity contribution < 1.29 is 0 Å². The Balaban J connectivity index is 2.00. The third-order valence-corrected chi connectivity index (χ3v) is 5.07. The number of fused-ring (bicyclic) bond motifs is 1. The lowest BCUT2D eigenvalue weighted by atomic mass is 10.2. The Hall–Kier alpha value is -1.60. The van der Waals surface area contributed by atoms with Crippen molar-refractivity contribution in [3.63, 3.8) is 0 Å². The van der Waals surface area contributed by atoms with Gasteiger partial charge >= 0.3 is 0 Å². The van der Waals surface area contributed by atoms with E-state index in [2.05, 4.69) is 28.2 Å². The SMILES string of the molecule is Cc1nsc2ncn(Cc3csc(C(C)C)n3)c(=O)c12. The van der Waals surface area contributed by atoms with Gasteiger partial charge in [-0.25, -0.2) is 9.97 Å². The zero-order valence-corrected chi connectivity index (χ0v) is 13.1. The second-order valence-corrected chi connectivity index (χ2v) is 6.60. The van der Waals surface area contributed by atoms with Crippen LogP contribution < -0.4 is 5.56 Å². The summed E-state index contributed by atoms with van der Waals surface area (Å²) in [6.07, 6.45) is 1.58. The van der Waals surface area contributed by atoms with Crippen molar-refractivity contribution in [3.8, 4) is 0 Å². The Morgan fingerprint density at radius 3 is 2.90 bits per heavy atom. The summed E-state index contributed by atoms with van der Waals surface area (Å²) in [5, 5.41) is 3.72. The van der Waals surface area contributed by atoms with Gasteiger partial charge in [-0.1, -0.05) is 13.8 Å². The van der Waals surface area contributed by atoms with E-state index in [9.17, 15) is 4.79 Å². The minimum absolute atomic E-state index is 0.0413. The Morgan fingerprint density at radius 1 is 1.40 bits per heavy atom. The van der Waals surface area contributed by atoms with Crippen molar-refractivity contribution >= 4 is 33.1 Å². The topological polar surface area (TPSA) is 60.7 Å². The lowest BCUT2D eigenvalue weighted by Crippen LogP contribution is -2.21. The quantitative estimate of drug-likeness (QED) is 0.746. The molecule has 0 N–H and O–H groups in total. The first-order valence-electron chi connectivity index (χ1n) is 6.32. The summed E-state index contributed by atoms with van der Waals surface area (Å²) in [7, 11) is 0. The molecule has 3 heterocycles. The Morgan fingerprint density at radius 2 is 2.20 bits per heavy atom. The molecular formula is C13H14N4OS2. The zero-order chi connectivity index (χ0) is 14.3. The van der Waals surface area contributed by atoms with Crippen LogP contribution in [0.5, 0.6) is 0 Å². The summed E-state index contributed by atoms with van der Waals surface area (Å²) in [5.74, 6) is 0.411. The van der Waals surface area contributed by atoms with Gasteiger partial charge < -0.3 is 0 Å². The van der Waals surface area contributed by atoms with Gasteiger partial charge in [-0.05, 0) is 18.5 Å². The molecule has 0 aliphatic rings. The lowest BCUT2D eigenvalue weighted by Gasteiger charge is -2.03. The van der Waals surface area contributed by atoms with Crippen LogP contribution in [0.4, 0.5) is 0 Å². The molecule has 5 nitrogen and oxygen atoms in total. The number of hydrogen-bond donors (Lipinski definition) is 0. The third kappa shape index (κ3) is 2.27. The van der Waals surface area contributed by atoms with Gasteiger partial charge in [-0.15, -0.1) is 11.3 Å². The molecule has 0 radical (unpaired) electrons. The number of aryl methyl sites for hydroxylation is 1. The Labute approximate surface area is 124 Å². The van der Waals surface area contributed by atoms with E-state index in [1.807, 2.05) is 12.3 Å². The summed E-state index contributed by atoms with van der Waals surface area (Å²) in [6, 6.07) is 0. The molecule has 0 amide bonds. The predicted octanol–water partition coefficient (Wildman–Crippen LogP) is 2.79. The summed E-state index contributed by atoms with van der Waals surface area (Å²) in [5.41, 5.74) is 1.61. The molecular weight excluding hydrogens is 292 g/mol. The van der Waals surface area contributed by atoms with Crippen LogP contribution in [0.2, 0.25) is 0 Å². The standard InChI is InChI=1S/C13H14N4OS2/c1-7(2)11-15-9(5-19-11)4-17-6-14-12-10(13(17)18)8(3)16-20-12/h5-7H,4H2,1-3H3. The molecule has 0 atom stereocenters. The monoisotopic (exact) mass is 306 g/mol. The molecule has 3 aromatic heterocycles. The molecule has 0 fully saturated rings. The number of hydrogen-bond acceptors (Lipinski definition) is 6. The second-order valence-electron chi connectivity index (χ2n) is 4.96. The molecule has 0 spiro atoms. The molecule has 3 aromatic rings. The summed E-state index contributed by atoms with van der Waals surface area (Å²) in [4.78, 5) is 22.0. The highest BCUT2D eigenvalue weighted by Gasteiger charge is 2.12. The van der Waals surface area contributed by atoms with Crippen LogP contribution >= 0.6 is 22.9 Å². The fourth-order valence-corrected chi connectivity index (χ4v) is 3.52. The zero-order valence-electron chi connectivity index (χ0n) is 11.5. The minimum Gasteiger partial charge on any atom is -0.292 e. The molecule has 0 saturated heterocycles. The van der Waals surface area contributed by atoms with E-state index in [1.165, 1.54) is 11.5 Å². The average molecular weight is 306 g/mol. The van der Waals surface area contributed by atoms with E-state index in [0.29, 0.717) is 22.7 Å². The normalized spacial score (nSPS) is 11.6. The maximum Gasteiger partial charge on any atom is 0.264 e. The Bertz CT molecular complexity index is 815. The van der Waals surface area contributed by atoms with Gasteiger partial charge in [0.05, 0.1) is 34.7 Å². The molecule has 20 heavy (non-hydrogen) atoms. The van der Waals surface area contributed by atoms with Crippen molar-refractivity contribution in [1.82, 2.24) is 18.9 Å². The van der Waals surface area contributed by atoms with Crippen molar-refractivity contribution in [1.29, 1.82) is 0 Å². The second kappa shape index (κ2) is 5.06. The first-order valence-corrected chi connectivity index (χ1v) is 7.97. The molecule has 0 unspecified atom stereocenters. The first kappa shape index (κ1) is 13.4. The smallest absolute Gasteiger partial charge is 0.264 e. The summed E-state index contributed by atoms with van der Waals surface area (Å²) in [6.45, 7) is 6.53. The van der Waals surface area contributed by atoms with Gasteiger partial charge in [0.1, 0.15) is 0 Å². The van der Waals surface area contributed by atoms with Gasteiger partial charge in [-0.3, -0.25) is 9.36 Å². The van der Waals surface area contributed by atoms with Crippen LogP contribution in [-0.2, 0) is 6.54 Å². The van der Waals surface area contributed by atoms with Crippen molar-refractivity contribution in [2.75, 3.05) is 0 Å². The molecule has 0 aliphatic carbocycles. The van der Waals surface area contributed by atoms with Crippen LogP contribution in [0.1, 0.15) is 36.2 Å². The van der Waals surface area contributed by atoms with E-state index in [4.69, 9.17) is 0 Å². The van der Waals surface area contributed by atoms with Crippen molar-refractivity contribution in [2.45, 2.75) is 33.2 Å². The molecule has 3 rings (SSSR count). The summed E-state index contributed by atoms with van der Waals surface area (Å²) < 4.78 is 5.78. The van der Waals surface area contributed by atoms with E-state index in [1.54, 1.807) is 22.2 Å². The molecule has 0 aliphatic heterocycles. The average Bonchev–Trinajstić information content (AvgIpc) is 3.00. The van der Waals surface area contributed by atoms with Crippen molar-refractivity contribution in [2.24, 2.45) is 0 Å². The number of thiazole rings is 1. The van der Waals surface area contributed by atoms with Crippen LogP contribution in [0, 0.1) is 6.92 Å². The summed E-state index contributed by atoms with van der Waals surface area (Å²) >= 11 is 2.90. The fraction of sp³-hybridized carbons (Fsp3) is 0.385. The first-order chi connectivity index (χ1) is 9.56. The van der Waals surface area contributed by atoms with Gasteiger partial charge in [0, 0.05) is 11.3 Å². The van der Waals surface area contributed by atoms with Gasteiger partial charge in [0.2, 0.25) is 0 Å². The van der Waals surface area contributed by atoms with E-state index in [0.717, 1.165) is 16.4 Å². The predicted molar refractivity (Wildman–Crippen MR) is 81.7 cm³/mol. The number of rotatable bonds is 3. The van der Waals surface area contributed by atoms with Gasteiger partial charge in [0.25, 0.3) is 5.56 Å². The molecule has 0 saturated carbocycles.